The Labute approximate surface area is 293 Å². The van der Waals surface area contributed by atoms with Crippen LogP contribution in [0, 0.1) is 0 Å². The molecule has 0 radical (unpaired) electrons. The summed E-state index contributed by atoms with van der Waals surface area (Å²) in [6.45, 7) is 8.25. The first-order chi connectivity index (χ1) is 24.4. The second-order valence-corrected chi connectivity index (χ2v) is 12.1. The lowest BCUT2D eigenvalue weighted by Gasteiger charge is -2.29. The first-order valence-electron chi connectivity index (χ1n) is 17.1. The van der Waals surface area contributed by atoms with Crippen LogP contribution < -0.4 is 10.1 Å². The number of piperidine rings is 1. The smallest absolute Gasteiger partial charge is 0.249 e. The van der Waals surface area contributed by atoms with Gasteiger partial charge in [0.2, 0.25) is 17.7 Å². The van der Waals surface area contributed by atoms with Crippen molar-refractivity contribution in [3.63, 3.8) is 0 Å². The van der Waals surface area contributed by atoms with E-state index in [9.17, 15) is 19.5 Å². The summed E-state index contributed by atoms with van der Waals surface area (Å²) in [7, 11) is 0. The van der Waals surface area contributed by atoms with Gasteiger partial charge in [0.15, 0.2) is 0 Å². The highest BCUT2D eigenvalue weighted by Gasteiger charge is 2.36. The number of benzene rings is 3. The van der Waals surface area contributed by atoms with Crippen molar-refractivity contribution in [2.75, 3.05) is 33.0 Å². The number of phenols is 1. The van der Waals surface area contributed by atoms with Crippen LogP contribution in [0.15, 0.2) is 115 Å². The average molecular weight is 677 g/mol. The second-order valence-electron chi connectivity index (χ2n) is 12.1. The monoisotopic (exact) mass is 676 g/mol. The Morgan fingerprint density at radius 3 is 2.24 bits per heavy atom. The standard InChI is InChI=1S/C41H44N2O7/c1-3-34(26-29-27-39(46)43(28-29)37-20-21-38(45)42-41(37)47)49-24-8-22-48-23-9-25-50-35-18-14-32(15-19-35)40(31-12-16-33(44)17-13-31)36(4-2)30-10-6-5-7-11-30/h3,5-7,10-19,26-27,37,44H,1,4,8-9,20-25,28H2,2H3,(H,42,45,47)/b34-26+,40-36-. The van der Waals surface area contributed by atoms with Gasteiger partial charge in [-0.05, 0) is 82.7 Å². The van der Waals surface area contributed by atoms with E-state index in [0.29, 0.717) is 50.6 Å². The fraction of sp³-hybridized carbons (Fsp3) is 0.293. The van der Waals surface area contributed by atoms with Crippen molar-refractivity contribution < 1.29 is 33.7 Å². The summed E-state index contributed by atoms with van der Waals surface area (Å²) in [5, 5.41) is 12.2. The highest BCUT2D eigenvalue weighted by molar-refractivity contribution is 6.03. The number of imide groups is 1. The van der Waals surface area contributed by atoms with Crippen molar-refractivity contribution in [2.24, 2.45) is 0 Å². The van der Waals surface area contributed by atoms with Crippen LogP contribution >= 0.6 is 0 Å². The number of carbonyl (C=O) groups excluding carboxylic acids is 3. The second kappa shape index (κ2) is 17.8. The number of allylic oxidation sites excluding steroid dienone is 2. The van der Waals surface area contributed by atoms with Crippen LogP contribution in [0.5, 0.6) is 11.5 Å². The largest absolute Gasteiger partial charge is 0.508 e. The van der Waals surface area contributed by atoms with Crippen molar-refractivity contribution >= 4 is 28.9 Å². The summed E-state index contributed by atoms with van der Waals surface area (Å²) in [6, 6.07) is 25.2. The molecule has 3 aromatic rings. The predicted octanol–water partition coefficient (Wildman–Crippen LogP) is 6.60. The van der Waals surface area contributed by atoms with Crippen LogP contribution in [-0.4, -0.2) is 66.7 Å². The van der Waals surface area contributed by atoms with E-state index in [1.807, 2.05) is 42.5 Å². The van der Waals surface area contributed by atoms with E-state index >= 15 is 0 Å². The van der Waals surface area contributed by atoms with Crippen molar-refractivity contribution in [3.8, 4) is 11.5 Å². The number of aromatic hydroxyl groups is 1. The lowest BCUT2D eigenvalue weighted by molar-refractivity contribution is -0.142. The van der Waals surface area contributed by atoms with Crippen molar-refractivity contribution in [1.82, 2.24) is 10.2 Å². The van der Waals surface area contributed by atoms with Crippen LogP contribution in [0.4, 0.5) is 0 Å². The number of hydrogen-bond donors (Lipinski definition) is 2. The molecule has 2 N–H and O–H groups in total. The summed E-state index contributed by atoms with van der Waals surface area (Å²) in [4.78, 5) is 37.6. The molecule has 1 fully saturated rings. The predicted molar refractivity (Wildman–Crippen MR) is 193 cm³/mol. The van der Waals surface area contributed by atoms with E-state index in [-0.39, 0.29) is 30.5 Å². The van der Waals surface area contributed by atoms with Gasteiger partial charge in [-0.15, -0.1) is 0 Å². The maximum Gasteiger partial charge on any atom is 0.249 e. The minimum atomic E-state index is -0.647. The van der Waals surface area contributed by atoms with Gasteiger partial charge in [0.05, 0.1) is 13.2 Å². The molecule has 0 spiro atoms. The van der Waals surface area contributed by atoms with E-state index < -0.39 is 11.9 Å². The maximum absolute atomic E-state index is 12.5. The SMILES string of the molecule is C=C/C(=C\C1=CC(=O)N(C2CCC(=O)NC2=O)C1)OCCCOCCCOc1ccc(/C(=C(/CC)c2ccccc2)c2ccc(O)cc2)cc1. The lowest BCUT2D eigenvalue weighted by Crippen LogP contribution is -2.53. The van der Waals surface area contributed by atoms with E-state index in [1.165, 1.54) is 22.1 Å². The molecule has 1 unspecified atom stereocenters. The topological polar surface area (TPSA) is 114 Å². The molecular formula is C41H44N2O7. The Bertz CT molecular complexity index is 1740. The number of rotatable bonds is 17. The molecule has 9 nitrogen and oxygen atoms in total. The minimum Gasteiger partial charge on any atom is -0.508 e. The maximum atomic E-state index is 12.5. The van der Waals surface area contributed by atoms with Crippen molar-refractivity contribution in [2.45, 2.75) is 45.1 Å². The summed E-state index contributed by atoms with van der Waals surface area (Å²) in [6.07, 6.45) is 7.61. The Morgan fingerprint density at radius 1 is 0.900 bits per heavy atom. The fourth-order valence-electron chi connectivity index (χ4n) is 6.06. The number of nitrogens with zero attached hydrogens (tertiary/aromatic N) is 1. The number of ether oxygens (including phenoxy) is 3. The molecule has 2 aliphatic heterocycles. The summed E-state index contributed by atoms with van der Waals surface area (Å²) >= 11 is 0. The molecule has 50 heavy (non-hydrogen) atoms. The van der Waals surface area contributed by atoms with Crippen molar-refractivity contribution in [3.05, 3.63) is 132 Å². The van der Waals surface area contributed by atoms with Crippen LogP contribution in [0.2, 0.25) is 0 Å². The van der Waals surface area contributed by atoms with Crippen LogP contribution in [0.25, 0.3) is 11.1 Å². The van der Waals surface area contributed by atoms with Gasteiger partial charge < -0.3 is 24.2 Å². The third-order valence-corrected chi connectivity index (χ3v) is 8.54. The third kappa shape index (κ3) is 9.60. The van der Waals surface area contributed by atoms with Gasteiger partial charge in [0.1, 0.15) is 23.3 Å². The van der Waals surface area contributed by atoms with E-state index in [1.54, 1.807) is 24.3 Å². The zero-order valence-corrected chi connectivity index (χ0v) is 28.4. The molecule has 0 bridgehead atoms. The Morgan fingerprint density at radius 2 is 1.58 bits per heavy atom. The van der Waals surface area contributed by atoms with Crippen LogP contribution in [-0.2, 0) is 23.9 Å². The highest BCUT2D eigenvalue weighted by Crippen LogP contribution is 2.35. The lowest BCUT2D eigenvalue weighted by atomic mass is 9.88. The molecule has 260 valence electrons. The molecule has 3 aromatic carbocycles. The van der Waals surface area contributed by atoms with Gasteiger partial charge in [-0.2, -0.15) is 0 Å². The first-order valence-corrected chi connectivity index (χ1v) is 17.1. The average Bonchev–Trinajstić information content (AvgIpc) is 3.49. The van der Waals surface area contributed by atoms with Gasteiger partial charge in [-0.3, -0.25) is 19.7 Å². The molecule has 2 heterocycles. The molecule has 2 aliphatic rings. The summed E-state index contributed by atoms with van der Waals surface area (Å²) in [5.41, 5.74) is 6.35. The number of phenolic OH excluding ortho intramolecular Hbond substituents is 1. The normalized spacial score (nSPS) is 16.9. The van der Waals surface area contributed by atoms with Gasteiger partial charge in [-0.25, -0.2) is 0 Å². The van der Waals surface area contributed by atoms with Gasteiger partial charge in [0, 0.05) is 45.1 Å². The number of carbonyl (C=O) groups is 3. The molecule has 0 aromatic heterocycles. The van der Waals surface area contributed by atoms with E-state index in [2.05, 4.69) is 43.1 Å². The molecule has 5 rings (SSSR count). The fourth-order valence-corrected chi connectivity index (χ4v) is 6.06. The molecule has 0 saturated carbocycles. The van der Waals surface area contributed by atoms with Crippen molar-refractivity contribution in [1.29, 1.82) is 0 Å². The molecule has 0 aliphatic carbocycles. The highest BCUT2D eigenvalue weighted by atomic mass is 16.5. The van der Waals surface area contributed by atoms with Gasteiger partial charge >= 0.3 is 0 Å². The summed E-state index contributed by atoms with van der Waals surface area (Å²) in [5.74, 6) is 0.546. The number of hydrogen-bond acceptors (Lipinski definition) is 7. The number of nitrogens with one attached hydrogen (secondary N) is 1. The third-order valence-electron chi connectivity index (χ3n) is 8.54. The molecule has 9 heteroatoms. The summed E-state index contributed by atoms with van der Waals surface area (Å²) < 4.78 is 17.6. The minimum absolute atomic E-state index is 0.216. The first kappa shape index (κ1) is 35.9. The van der Waals surface area contributed by atoms with Gasteiger partial charge in [0.25, 0.3) is 0 Å². The van der Waals surface area contributed by atoms with Crippen LogP contribution in [0.3, 0.4) is 0 Å². The Hall–Kier alpha value is -5.41. The quantitative estimate of drug-likeness (QED) is 0.0545. The number of amides is 3. The Kier molecular flexibility index (Phi) is 12.8. The zero-order valence-electron chi connectivity index (χ0n) is 28.4. The Balaban J connectivity index is 1.03. The molecule has 3 amide bonds. The molecule has 1 saturated heterocycles. The van der Waals surface area contributed by atoms with Gasteiger partial charge in [-0.1, -0.05) is 68.1 Å². The molecular weight excluding hydrogens is 632 g/mol. The molecule has 1 atom stereocenters. The van der Waals surface area contributed by atoms with E-state index in [0.717, 1.165) is 35.3 Å². The van der Waals surface area contributed by atoms with E-state index in [4.69, 9.17) is 14.2 Å². The zero-order chi connectivity index (χ0) is 35.3. The van der Waals surface area contributed by atoms with Crippen LogP contribution in [0.1, 0.15) is 55.7 Å².